The van der Waals surface area contributed by atoms with Gasteiger partial charge in [-0.05, 0) is 51.8 Å². The van der Waals surface area contributed by atoms with Gasteiger partial charge in [0.15, 0.2) is 0 Å². The molecule has 0 heterocycles. The van der Waals surface area contributed by atoms with E-state index in [1.165, 1.54) is 12.1 Å². The lowest BCUT2D eigenvalue weighted by atomic mass is 10.1. The molecule has 0 aliphatic rings. The van der Waals surface area contributed by atoms with Gasteiger partial charge >= 0.3 is 6.18 Å². The smallest absolute Gasteiger partial charge is 0.312 e. The van der Waals surface area contributed by atoms with Gasteiger partial charge in [-0.15, -0.1) is 0 Å². The Balaban J connectivity index is 2.49. The Bertz CT molecular complexity index is 377. The number of rotatable bonds is 4. The lowest BCUT2D eigenvalue weighted by Gasteiger charge is -2.20. The molecule has 0 saturated carbocycles. The average molecular weight is 259 g/mol. The highest BCUT2D eigenvalue weighted by atomic mass is 19.4. The lowest BCUT2D eigenvalue weighted by Crippen LogP contribution is -2.36. The summed E-state index contributed by atoms with van der Waals surface area (Å²) in [6, 6.07) is 5.55. The van der Waals surface area contributed by atoms with Gasteiger partial charge in [-0.3, -0.25) is 0 Å². The molecule has 1 N–H and O–H groups in total. The molecule has 1 nitrogen and oxygen atoms in total. The SMILES string of the molecule is CC(C)(C)NCCCc1cccc(C(F)(F)F)c1. The van der Waals surface area contributed by atoms with E-state index in [4.69, 9.17) is 0 Å². The largest absolute Gasteiger partial charge is 0.416 e. The number of nitrogens with one attached hydrogen (secondary N) is 1. The molecule has 4 heteroatoms. The Morgan fingerprint density at radius 3 is 2.33 bits per heavy atom. The van der Waals surface area contributed by atoms with E-state index in [9.17, 15) is 13.2 Å². The van der Waals surface area contributed by atoms with Gasteiger partial charge in [-0.25, -0.2) is 0 Å². The van der Waals surface area contributed by atoms with E-state index in [0.29, 0.717) is 6.42 Å². The second kappa shape index (κ2) is 5.74. The summed E-state index contributed by atoms with van der Waals surface area (Å²) in [6.07, 6.45) is -2.76. The molecule has 0 atom stereocenters. The molecule has 0 bridgehead atoms. The maximum absolute atomic E-state index is 12.5. The van der Waals surface area contributed by atoms with Crippen molar-refractivity contribution >= 4 is 0 Å². The molecule has 0 aromatic heterocycles. The van der Waals surface area contributed by atoms with Crippen LogP contribution in [0.15, 0.2) is 24.3 Å². The minimum absolute atomic E-state index is 0.0494. The van der Waals surface area contributed by atoms with Gasteiger partial charge in [-0.2, -0.15) is 13.2 Å². The van der Waals surface area contributed by atoms with Crippen molar-refractivity contribution in [2.75, 3.05) is 6.54 Å². The normalized spacial score (nSPS) is 12.8. The number of benzene rings is 1. The Labute approximate surface area is 106 Å². The van der Waals surface area contributed by atoms with Crippen molar-refractivity contribution in [3.63, 3.8) is 0 Å². The zero-order valence-corrected chi connectivity index (χ0v) is 11.1. The van der Waals surface area contributed by atoms with E-state index in [2.05, 4.69) is 26.1 Å². The van der Waals surface area contributed by atoms with Crippen LogP contribution >= 0.6 is 0 Å². The van der Waals surface area contributed by atoms with Crippen molar-refractivity contribution in [3.8, 4) is 0 Å². The molecular formula is C14H20F3N. The van der Waals surface area contributed by atoms with Crippen molar-refractivity contribution in [1.29, 1.82) is 0 Å². The molecular weight excluding hydrogens is 239 g/mol. The lowest BCUT2D eigenvalue weighted by molar-refractivity contribution is -0.137. The van der Waals surface area contributed by atoms with Gasteiger partial charge in [0.1, 0.15) is 0 Å². The second-order valence-corrected chi connectivity index (χ2v) is 5.48. The van der Waals surface area contributed by atoms with Crippen molar-refractivity contribution in [3.05, 3.63) is 35.4 Å². The van der Waals surface area contributed by atoms with Crippen molar-refractivity contribution in [2.24, 2.45) is 0 Å². The topological polar surface area (TPSA) is 12.0 Å². The van der Waals surface area contributed by atoms with Crippen LogP contribution in [-0.4, -0.2) is 12.1 Å². The Morgan fingerprint density at radius 1 is 1.11 bits per heavy atom. The zero-order valence-electron chi connectivity index (χ0n) is 11.1. The van der Waals surface area contributed by atoms with E-state index >= 15 is 0 Å². The highest BCUT2D eigenvalue weighted by Crippen LogP contribution is 2.29. The predicted molar refractivity (Wildman–Crippen MR) is 67.5 cm³/mol. The van der Waals surface area contributed by atoms with Gasteiger partial charge in [0, 0.05) is 5.54 Å². The molecule has 0 radical (unpaired) electrons. The fourth-order valence-electron chi connectivity index (χ4n) is 1.66. The van der Waals surface area contributed by atoms with Gasteiger partial charge in [0.05, 0.1) is 5.56 Å². The van der Waals surface area contributed by atoms with Gasteiger partial charge < -0.3 is 5.32 Å². The van der Waals surface area contributed by atoms with Crippen LogP contribution in [-0.2, 0) is 12.6 Å². The van der Waals surface area contributed by atoms with E-state index < -0.39 is 11.7 Å². The maximum Gasteiger partial charge on any atom is 0.416 e. The van der Waals surface area contributed by atoms with Crippen LogP contribution in [0.3, 0.4) is 0 Å². The van der Waals surface area contributed by atoms with Gasteiger partial charge in [0.2, 0.25) is 0 Å². The number of hydrogen-bond donors (Lipinski definition) is 1. The number of hydrogen-bond acceptors (Lipinski definition) is 1. The summed E-state index contributed by atoms with van der Waals surface area (Å²) in [6.45, 7) is 7.01. The fourth-order valence-corrected chi connectivity index (χ4v) is 1.66. The summed E-state index contributed by atoms with van der Waals surface area (Å²) >= 11 is 0. The highest BCUT2D eigenvalue weighted by molar-refractivity contribution is 5.25. The quantitative estimate of drug-likeness (QED) is 0.805. The zero-order chi connectivity index (χ0) is 13.8. The first-order chi connectivity index (χ1) is 8.18. The minimum atomic E-state index is -4.25. The molecule has 1 aromatic carbocycles. The fraction of sp³-hybridized carbons (Fsp3) is 0.571. The molecule has 1 aromatic rings. The second-order valence-electron chi connectivity index (χ2n) is 5.48. The Hall–Kier alpha value is -1.03. The van der Waals surface area contributed by atoms with Gasteiger partial charge in [-0.1, -0.05) is 18.2 Å². The van der Waals surface area contributed by atoms with Crippen LogP contribution < -0.4 is 5.32 Å². The predicted octanol–water partition coefficient (Wildman–Crippen LogP) is 4.03. The summed E-state index contributed by atoms with van der Waals surface area (Å²) < 4.78 is 37.5. The third-order valence-electron chi connectivity index (χ3n) is 2.55. The van der Waals surface area contributed by atoms with E-state index in [1.807, 2.05) is 0 Å². The summed E-state index contributed by atoms with van der Waals surface area (Å²) in [5.74, 6) is 0. The molecule has 102 valence electrons. The Kier molecular flexibility index (Phi) is 4.79. The maximum atomic E-state index is 12.5. The van der Waals surface area contributed by atoms with E-state index in [0.717, 1.165) is 24.6 Å². The monoisotopic (exact) mass is 259 g/mol. The number of aryl methyl sites for hydroxylation is 1. The van der Waals surface area contributed by atoms with Crippen molar-refractivity contribution in [1.82, 2.24) is 5.32 Å². The summed E-state index contributed by atoms with van der Waals surface area (Å²) in [4.78, 5) is 0. The minimum Gasteiger partial charge on any atom is -0.312 e. The molecule has 0 saturated heterocycles. The molecule has 1 rings (SSSR count). The van der Waals surface area contributed by atoms with Crippen LogP contribution in [0.1, 0.15) is 38.3 Å². The molecule has 0 unspecified atom stereocenters. The standard InChI is InChI=1S/C14H20F3N/c1-13(2,3)18-9-5-7-11-6-4-8-12(10-11)14(15,16)17/h4,6,8,10,18H,5,7,9H2,1-3H3. The summed E-state index contributed by atoms with van der Waals surface area (Å²) in [5.41, 5.74) is 0.220. The van der Waals surface area contributed by atoms with Crippen LogP contribution in [0.5, 0.6) is 0 Å². The third-order valence-corrected chi connectivity index (χ3v) is 2.55. The van der Waals surface area contributed by atoms with Crippen molar-refractivity contribution in [2.45, 2.75) is 45.3 Å². The van der Waals surface area contributed by atoms with Crippen LogP contribution in [0, 0.1) is 0 Å². The van der Waals surface area contributed by atoms with E-state index in [-0.39, 0.29) is 5.54 Å². The number of halogens is 3. The molecule has 18 heavy (non-hydrogen) atoms. The third kappa shape index (κ3) is 5.54. The molecule has 0 aliphatic carbocycles. The first-order valence-electron chi connectivity index (χ1n) is 6.10. The van der Waals surface area contributed by atoms with Crippen molar-refractivity contribution < 1.29 is 13.2 Å². The first kappa shape index (κ1) is 15.0. The van der Waals surface area contributed by atoms with Crippen LogP contribution in [0.2, 0.25) is 0 Å². The van der Waals surface area contributed by atoms with Crippen LogP contribution in [0.25, 0.3) is 0 Å². The molecule has 0 fully saturated rings. The van der Waals surface area contributed by atoms with Crippen LogP contribution in [0.4, 0.5) is 13.2 Å². The summed E-state index contributed by atoms with van der Waals surface area (Å²) in [7, 11) is 0. The molecule has 0 spiro atoms. The highest BCUT2D eigenvalue weighted by Gasteiger charge is 2.30. The molecule has 0 aliphatic heterocycles. The first-order valence-corrected chi connectivity index (χ1v) is 6.10. The Morgan fingerprint density at radius 2 is 1.78 bits per heavy atom. The summed E-state index contributed by atoms with van der Waals surface area (Å²) in [5, 5.41) is 3.31. The average Bonchev–Trinajstić information content (AvgIpc) is 2.22. The molecule has 0 amide bonds. The van der Waals surface area contributed by atoms with E-state index in [1.54, 1.807) is 6.07 Å². The number of alkyl halides is 3. The van der Waals surface area contributed by atoms with Gasteiger partial charge in [0.25, 0.3) is 0 Å².